The minimum absolute atomic E-state index is 0.692. The van der Waals surface area contributed by atoms with Gasteiger partial charge in [0.25, 0.3) is 5.02 Å². The van der Waals surface area contributed by atoms with E-state index in [1.165, 1.54) is 17.0 Å². The zero-order valence-corrected chi connectivity index (χ0v) is 10.4. The van der Waals surface area contributed by atoms with Gasteiger partial charge in [-0.25, -0.2) is 4.57 Å². The van der Waals surface area contributed by atoms with Crippen molar-refractivity contribution in [3.63, 3.8) is 0 Å². The van der Waals surface area contributed by atoms with Crippen molar-refractivity contribution >= 4 is 15.2 Å². The number of nitrogens with two attached hydrogens (primary N) is 1. The standard InChI is InChI=1S/C7H12N2O6P2/c8-7(16(10,11)12,17(13,14)15)6-9-4-2-1-3-5-9/h1-5H,6,8H2,(H3-,10,11,12,13,14,15)/p+1. The van der Waals surface area contributed by atoms with Gasteiger partial charge in [0.05, 0.1) is 0 Å². The van der Waals surface area contributed by atoms with E-state index in [9.17, 15) is 9.13 Å². The van der Waals surface area contributed by atoms with Crippen LogP contribution in [0.25, 0.3) is 0 Å². The fraction of sp³-hybridized carbons (Fsp3) is 0.286. The molecule has 17 heavy (non-hydrogen) atoms. The minimum Gasteiger partial charge on any atom is -0.322 e. The van der Waals surface area contributed by atoms with Gasteiger partial charge in [-0.2, -0.15) is 0 Å². The molecular weight excluding hydrogens is 270 g/mol. The zero-order valence-electron chi connectivity index (χ0n) is 8.62. The molecule has 0 saturated heterocycles. The quantitative estimate of drug-likeness (QED) is 0.350. The van der Waals surface area contributed by atoms with Crippen LogP contribution >= 0.6 is 15.2 Å². The lowest BCUT2D eigenvalue weighted by atomic mass is 10.5. The van der Waals surface area contributed by atoms with Gasteiger partial charge in [0, 0.05) is 12.1 Å². The van der Waals surface area contributed by atoms with Crippen LogP contribution < -0.4 is 10.3 Å². The molecule has 0 spiro atoms. The second kappa shape index (κ2) is 4.59. The number of hydrogen-bond acceptors (Lipinski definition) is 3. The largest absolute Gasteiger partial charge is 0.364 e. The lowest BCUT2D eigenvalue weighted by Crippen LogP contribution is -2.52. The molecule has 6 N–H and O–H groups in total. The highest BCUT2D eigenvalue weighted by Crippen LogP contribution is 2.65. The Morgan fingerprint density at radius 2 is 1.41 bits per heavy atom. The molecule has 0 saturated carbocycles. The first-order valence-electron chi connectivity index (χ1n) is 4.42. The van der Waals surface area contributed by atoms with Crippen molar-refractivity contribution in [2.24, 2.45) is 5.73 Å². The molecule has 10 heteroatoms. The Kier molecular flexibility index (Phi) is 3.91. The predicted molar refractivity (Wildman–Crippen MR) is 57.6 cm³/mol. The number of aromatic nitrogens is 1. The highest BCUT2D eigenvalue weighted by molar-refractivity contribution is 7.72. The summed E-state index contributed by atoms with van der Waals surface area (Å²) in [5.74, 6) is 0. The summed E-state index contributed by atoms with van der Waals surface area (Å²) in [5.41, 5.74) is 5.24. The Hall–Kier alpha value is -0.590. The van der Waals surface area contributed by atoms with E-state index in [0.717, 1.165) is 0 Å². The summed E-state index contributed by atoms with van der Waals surface area (Å²) in [6, 6.07) is 4.73. The molecule has 0 unspecified atom stereocenters. The fourth-order valence-corrected chi connectivity index (χ4v) is 3.21. The van der Waals surface area contributed by atoms with Crippen LogP contribution in [0.5, 0.6) is 0 Å². The highest BCUT2D eigenvalue weighted by atomic mass is 31.2. The van der Waals surface area contributed by atoms with E-state index in [1.54, 1.807) is 18.2 Å². The summed E-state index contributed by atoms with van der Waals surface area (Å²) < 4.78 is 23.5. The summed E-state index contributed by atoms with van der Waals surface area (Å²) in [7, 11) is -10.4. The lowest BCUT2D eigenvalue weighted by molar-refractivity contribution is -0.698. The van der Waals surface area contributed by atoms with E-state index < -0.39 is 26.8 Å². The number of rotatable bonds is 4. The third-order valence-electron chi connectivity index (χ3n) is 2.20. The third-order valence-corrected chi connectivity index (χ3v) is 6.07. The van der Waals surface area contributed by atoms with Gasteiger partial charge in [0.1, 0.15) is 0 Å². The van der Waals surface area contributed by atoms with E-state index in [2.05, 4.69) is 0 Å². The normalized spacial score (nSPS) is 13.7. The topological polar surface area (TPSA) is 145 Å². The van der Waals surface area contributed by atoms with Crippen molar-refractivity contribution in [2.75, 3.05) is 0 Å². The molecule has 0 aliphatic carbocycles. The first-order chi connectivity index (χ1) is 7.58. The summed E-state index contributed by atoms with van der Waals surface area (Å²) in [4.78, 5) is 36.1. The van der Waals surface area contributed by atoms with Crippen LogP contribution in [0.2, 0.25) is 0 Å². The van der Waals surface area contributed by atoms with Gasteiger partial charge < -0.3 is 19.6 Å². The van der Waals surface area contributed by atoms with Gasteiger partial charge >= 0.3 is 15.2 Å². The SMILES string of the molecule is NC(C[n+]1ccccc1)(P(=O)(O)O)P(=O)(O)O. The van der Waals surface area contributed by atoms with Crippen LogP contribution in [-0.2, 0) is 15.7 Å². The molecular formula is C7H13N2O6P2+. The van der Waals surface area contributed by atoms with Gasteiger partial charge in [-0.15, -0.1) is 0 Å². The molecule has 0 aromatic carbocycles. The van der Waals surface area contributed by atoms with Crippen LogP contribution in [-0.4, -0.2) is 24.6 Å². The number of hydrogen-bond donors (Lipinski definition) is 5. The Morgan fingerprint density at radius 3 is 1.76 bits per heavy atom. The Bertz CT molecular complexity index is 458. The maximum atomic E-state index is 11.2. The predicted octanol–water partition coefficient (Wildman–Crippen LogP) is -1.06. The van der Waals surface area contributed by atoms with E-state index in [-0.39, 0.29) is 0 Å². The van der Waals surface area contributed by atoms with Crippen LogP contribution in [0.4, 0.5) is 0 Å². The highest BCUT2D eigenvalue weighted by Gasteiger charge is 2.60. The van der Waals surface area contributed by atoms with Crippen molar-refractivity contribution in [1.29, 1.82) is 0 Å². The molecule has 0 aliphatic rings. The molecule has 0 bridgehead atoms. The fourth-order valence-electron chi connectivity index (χ4n) is 1.16. The lowest BCUT2D eigenvalue weighted by Gasteiger charge is -2.27. The average Bonchev–Trinajstić information content (AvgIpc) is 2.15. The molecule has 0 radical (unpaired) electrons. The summed E-state index contributed by atoms with van der Waals surface area (Å²) in [6.45, 7) is -0.692. The van der Waals surface area contributed by atoms with Crippen LogP contribution in [0.3, 0.4) is 0 Å². The molecule has 0 amide bonds. The molecule has 8 nitrogen and oxygen atoms in total. The Balaban J connectivity index is 3.20. The molecule has 0 aliphatic heterocycles. The molecule has 0 atom stereocenters. The van der Waals surface area contributed by atoms with Crippen molar-refractivity contribution in [1.82, 2.24) is 0 Å². The van der Waals surface area contributed by atoms with E-state index in [4.69, 9.17) is 25.3 Å². The van der Waals surface area contributed by atoms with E-state index in [0.29, 0.717) is 0 Å². The summed E-state index contributed by atoms with van der Waals surface area (Å²) >= 11 is 0. The van der Waals surface area contributed by atoms with E-state index >= 15 is 0 Å². The molecule has 96 valence electrons. The smallest absolute Gasteiger partial charge is 0.322 e. The van der Waals surface area contributed by atoms with Gasteiger partial charge in [0.15, 0.2) is 18.9 Å². The van der Waals surface area contributed by atoms with Crippen molar-refractivity contribution in [3.8, 4) is 0 Å². The molecule has 0 fully saturated rings. The Morgan fingerprint density at radius 1 is 1.00 bits per heavy atom. The third kappa shape index (κ3) is 3.00. The van der Waals surface area contributed by atoms with Crippen LogP contribution in [0, 0.1) is 0 Å². The Labute approximate surface area is 97.0 Å². The van der Waals surface area contributed by atoms with Crippen molar-refractivity contribution < 1.29 is 33.3 Å². The second-order valence-electron chi connectivity index (χ2n) is 3.51. The maximum Gasteiger partial charge on any atom is 0.364 e. The van der Waals surface area contributed by atoms with Crippen molar-refractivity contribution in [3.05, 3.63) is 30.6 Å². The molecule has 1 aromatic rings. The summed E-state index contributed by atoms with van der Waals surface area (Å²) in [5, 5.41) is -2.92. The van der Waals surface area contributed by atoms with E-state index in [1.807, 2.05) is 0 Å². The molecule has 1 rings (SSSR count). The van der Waals surface area contributed by atoms with Crippen molar-refractivity contribution in [2.45, 2.75) is 11.6 Å². The molecule has 1 aromatic heterocycles. The van der Waals surface area contributed by atoms with Gasteiger partial charge in [-0.05, 0) is 0 Å². The van der Waals surface area contributed by atoms with Gasteiger partial charge in [0.2, 0.25) is 0 Å². The summed E-state index contributed by atoms with van der Waals surface area (Å²) in [6.07, 6.45) is 2.79. The average molecular weight is 283 g/mol. The van der Waals surface area contributed by atoms with Gasteiger partial charge in [-0.3, -0.25) is 14.9 Å². The molecule has 1 heterocycles. The van der Waals surface area contributed by atoms with Gasteiger partial charge in [-0.1, -0.05) is 6.07 Å². The first kappa shape index (κ1) is 14.5. The number of pyridine rings is 1. The second-order valence-corrected chi connectivity index (χ2v) is 7.64. The minimum atomic E-state index is -5.18. The zero-order chi connectivity index (χ0) is 13.3. The maximum absolute atomic E-state index is 11.2. The number of nitrogens with zero attached hydrogens (tertiary/aromatic N) is 1. The first-order valence-corrected chi connectivity index (χ1v) is 7.65. The monoisotopic (exact) mass is 283 g/mol. The van der Waals surface area contributed by atoms with Crippen LogP contribution in [0.1, 0.15) is 0 Å². The van der Waals surface area contributed by atoms with Crippen LogP contribution in [0.15, 0.2) is 30.6 Å².